The van der Waals surface area contributed by atoms with E-state index in [1.807, 2.05) is 0 Å². The third kappa shape index (κ3) is 7.08. The molecule has 4 N–H and O–H groups in total. The first-order valence-corrected chi connectivity index (χ1v) is 8.79. The van der Waals surface area contributed by atoms with Gasteiger partial charge in [0.2, 0.25) is 0 Å². The maximum Gasteiger partial charge on any atom is 0.193 e. The van der Waals surface area contributed by atoms with Gasteiger partial charge in [-0.05, 0) is 24.0 Å². The molecule has 0 aromatic heterocycles. The maximum atomic E-state index is 10.1. The number of aryl methyl sites for hydroxylation is 2. The molecule has 0 radical (unpaired) electrons. The summed E-state index contributed by atoms with van der Waals surface area (Å²) in [5, 5.41) is 13.4. The third-order valence-corrected chi connectivity index (χ3v) is 4.30. The molecule has 0 spiro atoms. The average Bonchev–Trinajstić information content (AvgIpc) is 2.61. The van der Waals surface area contributed by atoms with Gasteiger partial charge in [0.05, 0.1) is 25.9 Å². The molecule has 0 amide bonds. The number of nitrogens with zero attached hydrogens (tertiary/aromatic N) is 2. The van der Waals surface area contributed by atoms with E-state index in [0.29, 0.717) is 19.0 Å². The van der Waals surface area contributed by atoms with Crippen LogP contribution in [0.25, 0.3) is 0 Å². The fraction of sp³-hybridized carbons (Fsp3) is 0.611. The molecular weight excluding hydrogens is 431 g/mol. The first-order valence-electron chi connectivity index (χ1n) is 8.79. The van der Waals surface area contributed by atoms with Crippen LogP contribution in [0.15, 0.2) is 23.2 Å². The number of para-hydroxylation sites is 1. The molecule has 25 heavy (non-hydrogen) atoms. The molecule has 1 saturated heterocycles. The van der Waals surface area contributed by atoms with Crippen molar-refractivity contribution in [2.24, 2.45) is 10.7 Å². The number of aliphatic imine (C=N–C) groups is 1. The molecule has 7 heteroatoms. The van der Waals surface area contributed by atoms with Gasteiger partial charge in [-0.1, -0.05) is 32.0 Å². The van der Waals surface area contributed by atoms with Gasteiger partial charge in [-0.15, -0.1) is 24.0 Å². The van der Waals surface area contributed by atoms with E-state index in [-0.39, 0.29) is 24.0 Å². The molecule has 0 saturated carbocycles. The highest BCUT2D eigenvalue weighted by Crippen LogP contribution is 2.22. The molecule has 6 nitrogen and oxygen atoms in total. The number of guanidine groups is 1. The number of aliphatic hydroxyl groups is 1. The number of aliphatic hydroxyl groups excluding tert-OH is 1. The van der Waals surface area contributed by atoms with Gasteiger partial charge in [-0.2, -0.15) is 0 Å². The Bertz CT molecular complexity index is 526. The van der Waals surface area contributed by atoms with Crippen LogP contribution in [0.1, 0.15) is 25.0 Å². The smallest absolute Gasteiger partial charge is 0.193 e. The summed E-state index contributed by atoms with van der Waals surface area (Å²) in [6.45, 7) is 8.33. The first kappa shape index (κ1) is 22.1. The number of morpholine rings is 1. The number of rotatable bonds is 7. The van der Waals surface area contributed by atoms with E-state index in [0.717, 1.165) is 44.8 Å². The van der Waals surface area contributed by atoms with Gasteiger partial charge < -0.3 is 20.9 Å². The fourth-order valence-corrected chi connectivity index (χ4v) is 2.91. The van der Waals surface area contributed by atoms with E-state index in [1.54, 1.807) is 0 Å². The molecule has 1 aliphatic rings. The number of ether oxygens (including phenoxy) is 1. The van der Waals surface area contributed by atoms with Crippen LogP contribution in [0.2, 0.25) is 0 Å². The molecule has 0 aliphatic carbocycles. The molecule has 0 bridgehead atoms. The highest BCUT2D eigenvalue weighted by atomic mass is 127. The lowest BCUT2D eigenvalue weighted by Crippen LogP contribution is -2.42. The monoisotopic (exact) mass is 462 g/mol. The van der Waals surface area contributed by atoms with Crippen molar-refractivity contribution in [2.75, 3.05) is 44.7 Å². The lowest BCUT2D eigenvalue weighted by atomic mass is 10.0. The van der Waals surface area contributed by atoms with Crippen molar-refractivity contribution in [1.29, 1.82) is 0 Å². The summed E-state index contributed by atoms with van der Waals surface area (Å²) in [7, 11) is 0. The number of benzene rings is 1. The Morgan fingerprint density at radius 1 is 1.28 bits per heavy atom. The predicted octanol–water partition coefficient (Wildman–Crippen LogP) is 1.85. The second-order valence-electron chi connectivity index (χ2n) is 6.08. The highest BCUT2D eigenvalue weighted by Gasteiger charge is 2.14. The lowest BCUT2D eigenvalue weighted by Gasteiger charge is -2.28. The number of nitrogens with one attached hydrogen (secondary N) is 1. The van der Waals surface area contributed by atoms with E-state index in [9.17, 15) is 5.11 Å². The zero-order valence-electron chi connectivity index (χ0n) is 15.2. The predicted molar refractivity (Wildman–Crippen MR) is 114 cm³/mol. The Labute approximate surface area is 167 Å². The molecule has 1 fully saturated rings. The molecule has 142 valence electrons. The van der Waals surface area contributed by atoms with Crippen molar-refractivity contribution in [3.05, 3.63) is 29.3 Å². The number of hydrogen-bond acceptors (Lipinski definition) is 4. The number of nitrogens with two attached hydrogens (primary N) is 1. The Hall–Kier alpha value is -0.900. The van der Waals surface area contributed by atoms with Crippen LogP contribution in [0.3, 0.4) is 0 Å². The van der Waals surface area contributed by atoms with Gasteiger partial charge in [0.1, 0.15) is 0 Å². The Morgan fingerprint density at radius 3 is 2.44 bits per heavy atom. The van der Waals surface area contributed by atoms with E-state index in [4.69, 9.17) is 10.5 Å². The maximum absolute atomic E-state index is 10.1. The standard InChI is InChI=1S/C18H30N4O2.HI/c1-3-14-6-5-7-15(4-2)17(14)21-18(19)20-12-16(23)13-22-8-10-24-11-9-22;/h5-7,16,23H,3-4,8-13H2,1-2H3,(H3,19,20,21);1H. The van der Waals surface area contributed by atoms with Gasteiger partial charge in [0, 0.05) is 25.3 Å². The third-order valence-electron chi connectivity index (χ3n) is 4.30. The molecular formula is C18H31IN4O2. The number of anilines is 1. The molecule has 1 atom stereocenters. The molecule has 1 heterocycles. The minimum Gasteiger partial charge on any atom is -0.390 e. The normalized spacial score (nSPS) is 17.0. The molecule has 1 aromatic rings. The van der Waals surface area contributed by atoms with Gasteiger partial charge in [-0.25, -0.2) is 0 Å². The second kappa shape index (κ2) is 11.7. The van der Waals surface area contributed by atoms with E-state index < -0.39 is 6.10 Å². The van der Waals surface area contributed by atoms with Crippen molar-refractivity contribution < 1.29 is 9.84 Å². The highest BCUT2D eigenvalue weighted by molar-refractivity contribution is 14.0. The van der Waals surface area contributed by atoms with Crippen molar-refractivity contribution in [1.82, 2.24) is 4.90 Å². The van der Waals surface area contributed by atoms with Crippen LogP contribution in [0.5, 0.6) is 0 Å². The summed E-state index contributed by atoms with van der Waals surface area (Å²) in [4.78, 5) is 6.50. The zero-order valence-corrected chi connectivity index (χ0v) is 17.5. The van der Waals surface area contributed by atoms with Crippen molar-refractivity contribution in [3.8, 4) is 0 Å². The second-order valence-corrected chi connectivity index (χ2v) is 6.08. The number of β-amino-alcohol motifs (C(OH)–C–C–N with tert-alkyl or cyclic N) is 1. The molecule has 1 unspecified atom stereocenters. The van der Waals surface area contributed by atoms with E-state index in [2.05, 4.69) is 47.3 Å². The lowest BCUT2D eigenvalue weighted by molar-refractivity contribution is 0.0165. The van der Waals surface area contributed by atoms with E-state index in [1.165, 1.54) is 11.1 Å². The summed E-state index contributed by atoms with van der Waals surface area (Å²) >= 11 is 0. The van der Waals surface area contributed by atoms with Crippen LogP contribution in [0.4, 0.5) is 5.69 Å². The van der Waals surface area contributed by atoms with Crippen molar-refractivity contribution in [2.45, 2.75) is 32.8 Å². The average molecular weight is 462 g/mol. The van der Waals surface area contributed by atoms with Crippen LogP contribution < -0.4 is 11.1 Å². The first-order chi connectivity index (χ1) is 11.6. The van der Waals surface area contributed by atoms with Crippen molar-refractivity contribution >= 4 is 35.6 Å². The van der Waals surface area contributed by atoms with Gasteiger partial charge in [0.15, 0.2) is 5.96 Å². The molecule has 1 aromatic carbocycles. The van der Waals surface area contributed by atoms with Gasteiger partial charge in [-0.3, -0.25) is 9.89 Å². The van der Waals surface area contributed by atoms with Crippen molar-refractivity contribution in [3.63, 3.8) is 0 Å². The van der Waals surface area contributed by atoms with Crippen LogP contribution >= 0.6 is 24.0 Å². The Kier molecular flexibility index (Phi) is 10.3. The summed E-state index contributed by atoms with van der Waals surface area (Å²) in [5.74, 6) is 0.353. The SMILES string of the molecule is CCc1cccc(CC)c1NC(N)=NCC(O)CN1CCOCC1.I. The summed E-state index contributed by atoms with van der Waals surface area (Å²) in [6, 6.07) is 6.27. The summed E-state index contributed by atoms with van der Waals surface area (Å²) < 4.78 is 5.31. The Morgan fingerprint density at radius 2 is 1.88 bits per heavy atom. The zero-order chi connectivity index (χ0) is 17.4. The minimum absolute atomic E-state index is 0. The minimum atomic E-state index is -0.518. The number of hydrogen-bond donors (Lipinski definition) is 3. The molecule has 2 rings (SSSR count). The quantitative estimate of drug-likeness (QED) is 0.327. The summed E-state index contributed by atoms with van der Waals surface area (Å²) in [5.41, 5.74) is 9.52. The van der Waals surface area contributed by atoms with Gasteiger partial charge in [0.25, 0.3) is 0 Å². The Balaban J connectivity index is 0.00000312. The van der Waals surface area contributed by atoms with Gasteiger partial charge >= 0.3 is 0 Å². The topological polar surface area (TPSA) is 83.1 Å². The summed E-state index contributed by atoms with van der Waals surface area (Å²) in [6.07, 6.45) is 1.35. The molecule has 1 aliphatic heterocycles. The van der Waals surface area contributed by atoms with Crippen LogP contribution in [-0.2, 0) is 17.6 Å². The van der Waals surface area contributed by atoms with Crippen LogP contribution in [0, 0.1) is 0 Å². The largest absolute Gasteiger partial charge is 0.390 e. The van der Waals surface area contributed by atoms with E-state index >= 15 is 0 Å². The van der Waals surface area contributed by atoms with Crippen LogP contribution in [-0.4, -0.2) is 61.5 Å². The number of halogens is 1. The fourth-order valence-electron chi connectivity index (χ4n) is 2.91.